The van der Waals surface area contributed by atoms with Gasteiger partial charge in [-0.25, -0.2) is 0 Å². The number of rotatable bonds is 3. The van der Waals surface area contributed by atoms with Gasteiger partial charge in [0.2, 0.25) is 6.29 Å². The van der Waals surface area contributed by atoms with Crippen molar-refractivity contribution in [3.8, 4) is 0 Å². The molecule has 0 saturated heterocycles. The molecule has 1 radical (unpaired) electrons. The van der Waals surface area contributed by atoms with Crippen molar-refractivity contribution < 1.29 is 9.63 Å². The van der Waals surface area contributed by atoms with Crippen LogP contribution in [-0.2, 0) is 9.63 Å². The molecule has 0 unspecified atom stereocenters. The maximum Gasteiger partial charge on any atom is 0.248 e. The summed E-state index contributed by atoms with van der Waals surface area (Å²) in [5.74, 6) is 0. The Morgan fingerprint density at radius 3 is 3.14 bits per heavy atom. The SMILES string of the molecule is CCON=C[C]=O. The molecular formula is C4H6NO2. The molecule has 0 N–H and O–H groups in total. The molecule has 0 aliphatic carbocycles. The predicted molar refractivity (Wildman–Crippen MR) is 25.8 cm³/mol. The lowest BCUT2D eigenvalue weighted by Crippen LogP contribution is -1.79. The van der Waals surface area contributed by atoms with Crippen LogP contribution >= 0.6 is 0 Å². The number of hydrogen-bond acceptors (Lipinski definition) is 3. The molecule has 0 aliphatic rings. The van der Waals surface area contributed by atoms with Crippen LogP contribution in [0, 0.1) is 0 Å². The number of oxime groups is 1. The molecule has 0 aliphatic heterocycles. The summed E-state index contributed by atoms with van der Waals surface area (Å²) in [7, 11) is 0. The zero-order valence-electron chi connectivity index (χ0n) is 4.05. The Balaban J connectivity index is 2.92. The van der Waals surface area contributed by atoms with Gasteiger partial charge in [0.1, 0.15) is 12.8 Å². The maximum atomic E-state index is 9.33. The zero-order valence-corrected chi connectivity index (χ0v) is 4.05. The van der Waals surface area contributed by atoms with Gasteiger partial charge >= 0.3 is 0 Å². The van der Waals surface area contributed by atoms with Gasteiger partial charge in [0.05, 0.1) is 0 Å². The fourth-order valence-electron chi connectivity index (χ4n) is 0.133. The highest BCUT2D eigenvalue weighted by atomic mass is 16.6. The molecule has 0 fully saturated rings. The minimum Gasteiger partial charge on any atom is -0.396 e. The average molecular weight is 100 g/mol. The van der Waals surface area contributed by atoms with E-state index in [-0.39, 0.29) is 0 Å². The molecule has 0 heterocycles. The Kier molecular flexibility index (Phi) is 4.51. The van der Waals surface area contributed by atoms with Gasteiger partial charge in [-0.2, -0.15) is 0 Å². The summed E-state index contributed by atoms with van der Waals surface area (Å²) in [6, 6.07) is 0. The van der Waals surface area contributed by atoms with Crippen molar-refractivity contribution in [1.29, 1.82) is 0 Å². The lowest BCUT2D eigenvalue weighted by atomic mass is 10.9. The topological polar surface area (TPSA) is 38.7 Å². The van der Waals surface area contributed by atoms with Gasteiger partial charge in [-0.05, 0) is 6.92 Å². The Bertz CT molecular complexity index is 70.1. The molecular weight excluding hydrogens is 94.0 g/mol. The monoisotopic (exact) mass is 100 g/mol. The third kappa shape index (κ3) is 5.14. The third-order valence-electron chi connectivity index (χ3n) is 0.309. The quantitative estimate of drug-likeness (QED) is 0.373. The normalized spacial score (nSPS) is 9.29. The van der Waals surface area contributed by atoms with Gasteiger partial charge in [0.25, 0.3) is 0 Å². The average Bonchev–Trinajstić information content (AvgIpc) is 1.69. The first-order chi connectivity index (χ1) is 3.41. The minimum absolute atomic E-state index is 0.484. The summed E-state index contributed by atoms with van der Waals surface area (Å²) >= 11 is 0. The second-order valence-electron chi connectivity index (χ2n) is 0.770. The van der Waals surface area contributed by atoms with E-state index in [1.54, 1.807) is 6.92 Å². The smallest absolute Gasteiger partial charge is 0.248 e. The second kappa shape index (κ2) is 5.14. The van der Waals surface area contributed by atoms with Crippen LogP contribution < -0.4 is 0 Å². The summed E-state index contributed by atoms with van der Waals surface area (Å²) in [6.45, 7) is 2.26. The zero-order chi connectivity index (χ0) is 5.54. The van der Waals surface area contributed by atoms with Crippen molar-refractivity contribution in [1.82, 2.24) is 0 Å². The van der Waals surface area contributed by atoms with Crippen molar-refractivity contribution in [2.24, 2.45) is 5.16 Å². The summed E-state index contributed by atoms with van der Waals surface area (Å²) in [4.78, 5) is 13.7. The summed E-state index contributed by atoms with van der Waals surface area (Å²) < 4.78 is 0. The number of hydrogen-bond donors (Lipinski definition) is 0. The van der Waals surface area contributed by atoms with E-state index in [4.69, 9.17) is 0 Å². The van der Waals surface area contributed by atoms with Crippen LogP contribution in [0.25, 0.3) is 0 Å². The lowest BCUT2D eigenvalue weighted by molar-refractivity contribution is 0.161. The van der Waals surface area contributed by atoms with E-state index in [2.05, 4.69) is 9.99 Å². The highest BCUT2D eigenvalue weighted by molar-refractivity contribution is 6.13. The maximum absolute atomic E-state index is 9.33. The van der Waals surface area contributed by atoms with E-state index in [1.165, 1.54) is 6.29 Å². The summed E-state index contributed by atoms with van der Waals surface area (Å²) in [5.41, 5.74) is 0. The lowest BCUT2D eigenvalue weighted by Gasteiger charge is -1.83. The molecule has 0 aromatic heterocycles. The molecule has 0 rings (SSSR count). The highest BCUT2D eigenvalue weighted by Crippen LogP contribution is 1.67. The molecule has 0 spiro atoms. The molecule has 0 aromatic carbocycles. The first-order valence-electron chi connectivity index (χ1n) is 1.93. The Morgan fingerprint density at radius 1 is 2.00 bits per heavy atom. The molecule has 0 atom stereocenters. The Morgan fingerprint density at radius 2 is 2.71 bits per heavy atom. The molecule has 0 amide bonds. The molecule has 3 nitrogen and oxygen atoms in total. The van der Waals surface area contributed by atoms with Crippen molar-refractivity contribution in [2.75, 3.05) is 6.61 Å². The summed E-state index contributed by atoms with van der Waals surface area (Å²) in [6.07, 6.45) is 2.37. The minimum atomic E-state index is 0.484. The standard InChI is InChI=1S/C4H6NO2/c1-2-7-5-3-4-6/h3H,2H2,1H3. The molecule has 3 heteroatoms. The van der Waals surface area contributed by atoms with Crippen LogP contribution in [-0.4, -0.2) is 19.1 Å². The van der Waals surface area contributed by atoms with E-state index in [9.17, 15) is 4.79 Å². The first-order valence-corrected chi connectivity index (χ1v) is 1.93. The van der Waals surface area contributed by atoms with Crippen molar-refractivity contribution in [2.45, 2.75) is 6.92 Å². The Labute approximate surface area is 42.0 Å². The van der Waals surface area contributed by atoms with Crippen molar-refractivity contribution >= 4 is 12.5 Å². The second-order valence-corrected chi connectivity index (χ2v) is 0.770. The highest BCUT2D eigenvalue weighted by Gasteiger charge is 1.66. The van der Waals surface area contributed by atoms with E-state index in [0.717, 1.165) is 6.21 Å². The molecule has 0 aromatic rings. The first kappa shape index (κ1) is 6.14. The van der Waals surface area contributed by atoms with E-state index < -0.39 is 0 Å². The van der Waals surface area contributed by atoms with Crippen LogP contribution in [0.3, 0.4) is 0 Å². The van der Waals surface area contributed by atoms with Crippen molar-refractivity contribution in [3.63, 3.8) is 0 Å². The van der Waals surface area contributed by atoms with Gasteiger partial charge in [0, 0.05) is 0 Å². The largest absolute Gasteiger partial charge is 0.396 e. The molecule has 0 bridgehead atoms. The summed E-state index contributed by atoms with van der Waals surface area (Å²) in [5, 5.41) is 3.16. The van der Waals surface area contributed by atoms with Crippen LogP contribution in [0.4, 0.5) is 0 Å². The van der Waals surface area contributed by atoms with Gasteiger partial charge < -0.3 is 4.84 Å². The predicted octanol–water partition coefficient (Wildman–Crippen LogP) is 0.118. The van der Waals surface area contributed by atoms with Gasteiger partial charge in [-0.15, -0.1) is 0 Å². The molecule has 7 heavy (non-hydrogen) atoms. The van der Waals surface area contributed by atoms with Crippen LogP contribution in [0.1, 0.15) is 6.92 Å². The fourth-order valence-corrected chi connectivity index (χ4v) is 0.133. The van der Waals surface area contributed by atoms with E-state index >= 15 is 0 Å². The van der Waals surface area contributed by atoms with E-state index in [0.29, 0.717) is 6.61 Å². The molecule has 39 valence electrons. The van der Waals surface area contributed by atoms with Crippen LogP contribution in [0.5, 0.6) is 0 Å². The van der Waals surface area contributed by atoms with Gasteiger partial charge in [-0.3, -0.25) is 4.79 Å². The fraction of sp³-hybridized carbons (Fsp3) is 0.500. The molecule has 0 saturated carbocycles. The third-order valence-corrected chi connectivity index (χ3v) is 0.309. The van der Waals surface area contributed by atoms with Crippen LogP contribution in [0.15, 0.2) is 5.16 Å². The number of nitrogens with zero attached hydrogens (tertiary/aromatic N) is 1. The van der Waals surface area contributed by atoms with Gasteiger partial charge in [-0.1, -0.05) is 5.16 Å². The Hall–Kier alpha value is -0.860. The van der Waals surface area contributed by atoms with E-state index in [1.807, 2.05) is 0 Å². The number of carbonyl (C=O) groups excluding carboxylic acids is 1. The van der Waals surface area contributed by atoms with Crippen LogP contribution in [0.2, 0.25) is 0 Å². The van der Waals surface area contributed by atoms with Crippen molar-refractivity contribution in [3.05, 3.63) is 0 Å². The van der Waals surface area contributed by atoms with Gasteiger partial charge in [0.15, 0.2) is 0 Å².